The Hall–Kier alpha value is -1.71. The van der Waals surface area contributed by atoms with Gasteiger partial charge in [-0.15, -0.1) is 0 Å². The lowest BCUT2D eigenvalue weighted by Gasteiger charge is -2.42. The normalized spacial score (nSPS) is 30.4. The van der Waals surface area contributed by atoms with Crippen LogP contribution < -0.4 is 0 Å². The molecule has 0 saturated carbocycles. The molecule has 0 aromatic heterocycles. The van der Waals surface area contributed by atoms with Crippen molar-refractivity contribution in [2.45, 2.75) is 58.4 Å². The van der Waals surface area contributed by atoms with E-state index in [4.69, 9.17) is 23.7 Å². The summed E-state index contributed by atoms with van der Waals surface area (Å²) in [5.74, 6) is -2.04. The zero-order valence-corrected chi connectivity index (χ0v) is 13.5. The molecule has 0 aromatic carbocycles. The average Bonchev–Trinajstić information content (AvgIpc) is 2.42. The average molecular weight is 334 g/mol. The van der Waals surface area contributed by atoms with Gasteiger partial charge in [-0.2, -0.15) is 0 Å². The molecular weight excluding hydrogens is 312 g/mol. The highest BCUT2D eigenvalue weighted by Crippen LogP contribution is 2.28. The third-order valence-corrected chi connectivity index (χ3v) is 3.00. The quantitative estimate of drug-likeness (QED) is 0.508. The Bertz CT molecular complexity index is 436. The van der Waals surface area contributed by atoms with Crippen molar-refractivity contribution in [2.75, 3.05) is 13.2 Å². The lowest BCUT2D eigenvalue weighted by Crippen LogP contribution is -2.62. The van der Waals surface area contributed by atoms with E-state index in [-0.39, 0.29) is 6.61 Å². The molecule has 1 aliphatic rings. The van der Waals surface area contributed by atoms with E-state index in [0.29, 0.717) is 6.61 Å². The van der Waals surface area contributed by atoms with E-state index in [2.05, 4.69) is 0 Å². The molecular formula is C14H22O9. The first-order valence-electron chi connectivity index (χ1n) is 7.19. The van der Waals surface area contributed by atoms with Gasteiger partial charge in [0.1, 0.15) is 6.10 Å². The van der Waals surface area contributed by atoms with Crippen molar-refractivity contribution in [1.82, 2.24) is 0 Å². The fourth-order valence-corrected chi connectivity index (χ4v) is 2.24. The maximum absolute atomic E-state index is 11.3. The lowest BCUT2D eigenvalue weighted by atomic mass is 9.98. The summed E-state index contributed by atoms with van der Waals surface area (Å²) in [5, 5.41) is 10.0. The van der Waals surface area contributed by atoms with Gasteiger partial charge in [0, 0.05) is 27.4 Å². The molecule has 1 N–H and O–H groups in total. The second-order valence-electron chi connectivity index (χ2n) is 4.95. The highest BCUT2D eigenvalue weighted by molar-refractivity contribution is 5.68. The van der Waals surface area contributed by atoms with Crippen LogP contribution in [0.25, 0.3) is 0 Å². The van der Waals surface area contributed by atoms with Crippen molar-refractivity contribution in [3.8, 4) is 0 Å². The largest absolute Gasteiger partial charge is 0.456 e. The van der Waals surface area contributed by atoms with Crippen LogP contribution in [0.2, 0.25) is 0 Å². The molecule has 0 amide bonds. The molecule has 0 bridgehead atoms. The van der Waals surface area contributed by atoms with Gasteiger partial charge in [0.2, 0.25) is 0 Å². The topological polar surface area (TPSA) is 118 Å². The first kappa shape index (κ1) is 19.3. The van der Waals surface area contributed by atoms with Gasteiger partial charge in [-0.25, -0.2) is 0 Å². The molecule has 1 aliphatic heterocycles. The monoisotopic (exact) mass is 334 g/mol. The number of aliphatic hydroxyl groups excluding tert-OH is 1. The molecule has 5 unspecified atom stereocenters. The molecule has 5 atom stereocenters. The van der Waals surface area contributed by atoms with Gasteiger partial charge in [0.25, 0.3) is 0 Å². The molecule has 0 aliphatic carbocycles. The summed E-state index contributed by atoms with van der Waals surface area (Å²) in [4.78, 5) is 33.9. The molecule has 1 heterocycles. The predicted molar refractivity (Wildman–Crippen MR) is 74.0 cm³/mol. The summed E-state index contributed by atoms with van der Waals surface area (Å²) in [7, 11) is 0. The number of hydrogen-bond donors (Lipinski definition) is 1. The SMILES string of the molecule is CCOCC1OC(O)C(OC(C)=O)C(OC(C)=O)C1OC(C)=O. The molecule has 0 radical (unpaired) electrons. The maximum atomic E-state index is 11.3. The van der Waals surface area contributed by atoms with Gasteiger partial charge in [0.15, 0.2) is 24.6 Å². The molecule has 1 fully saturated rings. The van der Waals surface area contributed by atoms with E-state index >= 15 is 0 Å². The Kier molecular flexibility index (Phi) is 7.40. The van der Waals surface area contributed by atoms with E-state index < -0.39 is 48.6 Å². The Balaban J connectivity index is 3.08. The fourth-order valence-electron chi connectivity index (χ4n) is 2.24. The molecule has 132 valence electrons. The number of carbonyl (C=O) groups is 3. The van der Waals surface area contributed by atoms with E-state index in [0.717, 1.165) is 13.8 Å². The van der Waals surface area contributed by atoms with Crippen molar-refractivity contribution in [3.05, 3.63) is 0 Å². The second kappa shape index (κ2) is 8.80. The predicted octanol–water partition coefficient (Wildman–Crippen LogP) is -0.465. The van der Waals surface area contributed by atoms with Crippen LogP contribution in [0.1, 0.15) is 27.7 Å². The number of carbonyl (C=O) groups excluding carboxylic acids is 3. The first-order chi connectivity index (χ1) is 10.8. The van der Waals surface area contributed by atoms with Crippen LogP contribution in [0.5, 0.6) is 0 Å². The van der Waals surface area contributed by atoms with Crippen LogP contribution in [0.15, 0.2) is 0 Å². The van der Waals surface area contributed by atoms with E-state index in [1.165, 1.54) is 6.92 Å². The first-order valence-corrected chi connectivity index (χ1v) is 7.19. The minimum atomic E-state index is -1.56. The van der Waals surface area contributed by atoms with Crippen molar-refractivity contribution < 1.29 is 43.2 Å². The van der Waals surface area contributed by atoms with Crippen LogP contribution in [0.4, 0.5) is 0 Å². The van der Waals surface area contributed by atoms with Crippen molar-refractivity contribution in [2.24, 2.45) is 0 Å². The summed E-state index contributed by atoms with van der Waals surface area (Å²) < 4.78 is 25.8. The number of aliphatic hydroxyl groups is 1. The number of ether oxygens (including phenoxy) is 5. The Labute approximate surface area is 133 Å². The number of rotatable bonds is 6. The van der Waals surface area contributed by atoms with Gasteiger partial charge in [0.05, 0.1) is 6.61 Å². The molecule has 9 nitrogen and oxygen atoms in total. The third kappa shape index (κ3) is 5.77. The molecule has 23 heavy (non-hydrogen) atoms. The van der Waals surface area contributed by atoms with Crippen LogP contribution in [-0.4, -0.2) is 66.9 Å². The van der Waals surface area contributed by atoms with Crippen molar-refractivity contribution in [1.29, 1.82) is 0 Å². The lowest BCUT2D eigenvalue weighted by molar-refractivity contribution is -0.297. The smallest absolute Gasteiger partial charge is 0.303 e. The van der Waals surface area contributed by atoms with Crippen LogP contribution in [0, 0.1) is 0 Å². The molecule has 9 heteroatoms. The molecule has 1 saturated heterocycles. The Morgan fingerprint density at radius 1 is 0.913 bits per heavy atom. The van der Waals surface area contributed by atoms with Crippen LogP contribution >= 0.6 is 0 Å². The van der Waals surface area contributed by atoms with Crippen molar-refractivity contribution >= 4 is 17.9 Å². The van der Waals surface area contributed by atoms with Crippen molar-refractivity contribution in [3.63, 3.8) is 0 Å². The van der Waals surface area contributed by atoms with Gasteiger partial charge >= 0.3 is 17.9 Å². The van der Waals surface area contributed by atoms with Crippen LogP contribution in [-0.2, 0) is 38.1 Å². The Morgan fingerprint density at radius 3 is 1.87 bits per heavy atom. The van der Waals surface area contributed by atoms with E-state index in [1.807, 2.05) is 0 Å². The fraction of sp³-hybridized carbons (Fsp3) is 0.786. The standard InChI is InChI=1S/C14H22O9/c1-5-19-6-10-11(20-7(2)15)12(21-8(3)16)13(14(18)23-10)22-9(4)17/h10-14,18H,5-6H2,1-4H3. The van der Waals surface area contributed by atoms with Gasteiger partial charge in [-0.05, 0) is 6.92 Å². The van der Waals surface area contributed by atoms with E-state index in [9.17, 15) is 19.5 Å². The second-order valence-corrected chi connectivity index (χ2v) is 4.95. The summed E-state index contributed by atoms with van der Waals surface area (Å²) in [6.07, 6.45) is -6.06. The zero-order valence-electron chi connectivity index (χ0n) is 13.5. The molecule has 0 aromatic rings. The van der Waals surface area contributed by atoms with Gasteiger partial charge < -0.3 is 28.8 Å². The molecule has 1 rings (SSSR count). The minimum Gasteiger partial charge on any atom is -0.456 e. The highest BCUT2D eigenvalue weighted by atomic mass is 16.7. The highest BCUT2D eigenvalue weighted by Gasteiger charge is 2.51. The summed E-state index contributed by atoms with van der Waals surface area (Å²) in [5.41, 5.74) is 0. The van der Waals surface area contributed by atoms with Gasteiger partial charge in [-0.1, -0.05) is 0 Å². The zero-order chi connectivity index (χ0) is 17.6. The van der Waals surface area contributed by atoms with E-state index in [1.54, 1.807) is 6.92 Å². The summed E-state index contributed by atoms with van der Waals surface area (Å²) in [6, 6.07) is 0. The number of esters is 3. The summed E-state index contributed by atoms with van der Waals surface area (Å²) in [6.45, 7) is 5.57. The summed E-state index contributed by atoms with van der Waals surface area (Å²) >= 11 is 0. The molecule has 0 spiro atoms. The minimum absolute atomic E-state index is 0.00391. The maximum Gasteiger partial charge on any atom is 0.303 e. The Morgan fingerprint density at radius 2 is 1.39 bits per heavy atom. The third-order valence-electron chi connectivity index (χ3n) is 3.00. The number of hydrogen-bond acceptors (Lipinski definition) is 9. The van der Waals surface area contributed by atoms with Crippen LogP contribution in [0.3, 0.4) is 0 Å². The van der Waals surface area contributed by atoms with Gasteiger partial charge in [-0.3, -0.25) is 14.4 Å².